The zero-order chi connectivity index (χ0) is 11.8. The Bertz CT molecular complexity index is 524. The lowest BCUT2D eigenvalue weighted by molar-refractivity contribution is 0.341. The van der Waals surface area contributed by atoms with Gasteiger partial charge in [0.1, 0.15) is 11.3 Å². The smallest absolute Gasteiger partial charge is 0.151 e. The van der Waals surface area contributed by atoms with E-state index in [0.29, 0.717) is 11.4 Å². The number of para-hydroxylation sites is 1. The van der Waals surface area contributed by atoms with Crippen LogP contribution in [0.1, 0.15) is 44.3 Å². The van der Waals surface area contributed by atoms with E-state index in [1.165, 1.54) is 31.7 Å². The third kappa shape index (κ3) is 1.94. The summed E-state index contributed by atoms with van der Waals surface area (Å²) >= 11 is 0. The Balaban J connectivity index is 1.93. The van der Waals surface area contributed by atoms with Crippen molar-refractivity contribution >= 4 is 11.0 Å². The summed E-state index contributed by atoms with van der Waals surface area (Å²) in [6.07, 6.45) is 4.85. The van der Waals surface area contributed by atoms with E-state index in [0.717, 1.165) is 17.3 Å². The molecule has 90 valence electrons. The third-order valence-corrected chi connectivity index (χ3v) is 3.88. The monoisotopic (exact) mass is 232 g/mol. The fourth-order valence-electron chi connectivity index (χ4n) is 2.74. The van der Waals surface area contributed by atoms with Crippen molar-refractivity contribution in [3.05, 3.63) is 29.8 Å². The molecular weight excluding hydrogens is 215 g/mol. The normalized spacial score (nSPS) is 25.3. The number of rotatable bonds is 1. The number of aromatic nitrogens is 2. The molecule has 3 heteroatoms. The lowest BCUT2D eigenvalue weighted by Gasteiger charge is -2.24. The van der Waals surface area contributed by atoms with E-state index < -0.39 is 0 Å². The summed E-state index contributed by atoms with van der Waals surface area (Å²) in [6.45, 7) is 2.30. The van der Waals surface area contributed by atoms with E-state index in [2.05, 4.69) is 16.9 Å². The molecule has 0 unspecified atom stereocenters. The van der Waals surface area contributed by atoms with Crippen molar-refractivity contribution in [2.24, 2.45) is 5.92 Å². The second-order valence-corrected chi connectivity index (χ2v) is 5.21. The first-order valence-corrected chi connectivity index (χ1v) is 6.38. The van der Waals surface area contributed by atoms with Crippen LogP contribution in [-0.4, -0.2) is 9.97 Å². The van der Waals surface area contributed by atoms with Gasteiger partial charge in [-0.3, -0.25) is 0 Å². The molecule has 0 bridgehead atoms. The van der Waals surface area contributed by atoms with Gasteiger partial charge in [-0.25, -0.2) is 9.37 Å². The Kier molecular flexibility index (Phi) is 2.61. The summed E-state index contributed by atoms with van der Waals surface area (Å²) < 4.78 is 13.5. The van der Waals surface area contributed by atoms with Gasteiger partial charge in [-0.15, -0.1) is 0 Å². The lowest BCUT2D eigenvalue weighted by atomic mass is 9.83. The Hall–Kier alpha value is -1.38. The van der Waals surface area contributed by atoms with Crippen molar-refractivity contribution in [2.75, 3.05) is 0 Å². The summed E-state index contributed by atoms with van der Waals surface area (Å²) in [7, 11) is 0. The molecule has 3 rings (SSSR count). The highest BCUT2D eigenvalue weighted by molar-refractivity contribution is 5.75. The third-order valence-electron chi connectivity index (χ3n) is 3.88. The minimum absolute atomic E-state index is 0.228. The van der Waals surface area contributed by atoms with Crippen molar-refractivity contribution in [3.63, 3.8) is 0 Å². The SMILES string of the molecule is CC1CCC(c2nc3c(F)cccc3[nH]2)CC1. The summed E-state index contributed by atoms with van der Waals surface area (Å²) in [5.74, 6) is 2.05. The Morgan fingerprint density at radius 1 is 1.24 bits per heavy atom. The van der Waals surface area contributed by atoms with Gasteiger partial charge in [-0.1, -0.05) is 25.8 Å². The Labute approximate surface area is 100 Å². The molecule has 0 radical (unpaired) electrons. The molecule has 17 heavy (non-hydrogen) atoms. The molecule has 1 N–H and O–H groups in total. The van der Waals surface area contributed by atoms with E-state index in [-0.39, 0.29) is 5.82 Å². The molecule has 1 aliphatic carbocycles. The second-order valence-electron chi connectivity index (χ2n) is 5.21. The maximum absolute atomic E-state index is 13.5. The number of benzene rings is 1. The number of nitrogens with one attached hydrogen (secondary N) is 1. The summed E-state index contributed by atoms with van der Waals surface area (Å²) in [6, 6.07) is 5.08. The fraction of sp³-hybridized carbons (Fsp3) is 0.500. The van der Waals surface area contributed by atoms with Crippen LogP contribution in [0.2, 0.25) is 0 Å². The molecule has 1 fully saturated rings. The first-order chi connectivity index (χ1) is 8.24. The van der Waals surface area contributed by atoms with Crippen LogP contribution in [0.3, 0.4) is 0 Å². The van der Waals surface area contributed by atoms with Crippen molar-refractivity contribution < 1.29 is 4.39 Å². The van der Waals surface area contributed by atoms with Gasteiger partial charge >= 0.3 is 0 Å². The number of fused-ring (bicyclic) bond motifs is 1. The maximum atomic E-state index is 13.5. The molecule has 0 aliphatic heterocycles. The molecule has 2 nitrogen and oxygen atoms in total. The van der Waals surface area contributed by atoms with Gasteiger partial charge in [0.05, 0.1) is 5.52 Å². The fourth-order valence-corrected chi connectivity index (χ4v) is 2.74. The first kappa shape index (κ1) is 10.8. The quantitative estimate of drug-likeness (QED) is 0.791. The highest BCUT2D eigenvalue weighted by Crippen LogP contribution is 2.35. The predicted molar refractivity (Wildman–Crippen MR) is 66.4 cm³/mol. The molecule has 1 aromatic carbocycles. The molecule has 0 amide bonds. The van der Waals surface area contributed by atoms with Crippen molar-refractivity contribution in [3.8, 4) is 0 Å². The van der Waals surface area contributed by atoms with Crippen LogP contribution < -0.4 is 0 Å². The van der Waals surface area contributed by atoms with Crippen molar-refractivity contribution in [1.82, 2.24) is 9.97 Å². The Morgan fingerprint density at radius 2 is 2.00 bits per heavy atom. The van der Waals surface area contributed by atoms with E-state index in [1.807, 2.05) is 6.07 Å². The van der Waals surface area contributed by atoms with Gasteiger partial charge in [-0.05, 0) is 30.9 Å². The summed E-state index contributed by atoms with van der Waals surface area (Å²) in [5.41, 5.74) is 1.31. The van der Waals surface area contributed by atoms with Gasteiger partial charge in [-0.2, -0.15) is 0 Å². The zero-order valence-electron chi connectivity index (χ0n) is 10.0. The predicted octanol–water partition coefficient (Wildman–Crippen LogP) is 4.00. The van der Waals surface area contributed by atoms with Gasteiger partial charge in [0, 0.05) is 5.92 Å². The summed E-state index contributed by atoms with van der Waals surface area (Å²) in [4.78, 5) is 7.70. The second kappa shape index (κ2) is 4.13. The molecule has 1 aromatic heterocycles. The lowest BCUT2D eigenvalue weighted by Crippen LogP contribution is -2.11. The van der Waals surface area contributed by atoms with Crippen LogP contribution in [0, 0.1) is 11.7 Å². The number of nitrogens with zero attached hydrogens (tertiary/aromatic N) is 1. The first-order valence-electron chi connectivity index (χ1n) is 6.38. The van der Waals surface area contributed by atoms with Gasteiger partial charge < -0.3 is 4.98 Å². The zero-order valence-corrected chi connectivity index (χ0v) is 10.0. The standard InChI is InChI=1S/C14H17FN2/c1-9-5-7-10(8-6-9)14-16-12-4-2-3-11(15)13(12)17-14/h2-4,9-10H,5-8H2,1H3,(H,16,17). The molecule has 1 saturated carbocycles. The number of H-pyrrole nitrogens is 1. The number of aromatic amines is 1. The molecule has 0 atom stereocenters. The molecule has 1 aliphatic rings. The van der Waals surface area contributed by atoms with Crippen LogP contribution in [0.25, 0.3) is 11.0 Å². The van der Waals surface area contributed by atoms with E-state index in [9.17, 15) is 4.39 Å². The highest BCUT2D eigenvalue weighted by atomic mass is 19.1. The highest BCUT2D eigenvalue weighted by Gasteiger charge is 2.22. The molecule has 0 saturated heterocycles. The molecule has 0 spiro atoms. The van der Waals surface area contributed by atoms with Crippen LogP contribution in [-0.2, 0) is 0 Å². The van der Waals surface area contributed by atoms with Gasteiger partial charge in [0.25, 0.3) is 0 Å². The van der Waals surface area contributed by atoms with E-state index in [4.69, 9.17) is 0 Å². The number of hydrogen-bond acceptors (Lipinski definition) is 1. The topological polar surface area (TPSA) is 28.7 Å². The van der Waals surface area contributed by atoms with Gasteiger partial charge in [0.15, 0.2) is 5.82 Å². The average Bonchev–Trinajstić information content (AvgIpc) is 2.75. The van der Waals surface area contributed by atoms with Crippen molar-refractivity contribution in [2.45, 2.75) is 38.5 Å². The number of halogens is 1. The van der Waals surface area contributed by atoms with Crippen molar-refractivity contribution in [1.29, 1.82) is 0 Å². The maximum Gasteiger partial charge on any atom is 0.151 e. The largest absolute Gasteiger partial charge is 0.342 e. The van der Waals surface area contributed by atoms with Crippen LogP contribution in [0.5, 0.6) is 0 Å². The number of hydrogen-bond donors (Lipinski definition) is 1. The minimum atomic E-state index is -0.228. The molecule has 2 aromatic rings. The van der Waals surface area contributed by atoms with E-state index >= 15 is 0 Å². The summed E-state index contributed by atoms with van der Waals surface area (Å²) in [5, 5.41) is 0. The minimum Gasteiger partial charge on any atom is -0.342 e. The van der Waals surface area contributed by atoms with Gasteiger partial charge in [0.2, 0.25) is 0 Å². The van der Waals surface area contributed by atoms with E-state index in [1.54, 1.807) is 6.07 Å². The Morgan fingerprint density at radius 3 is 2.71 bits per heavy atom. The number of imidazole rings is 1. The molecule has 1 heterocycles. The van der Waals surface area contributed by atoms with Crippen LogP contribution in [0.4, 0.5) is 4.39 Å². The van der Waals surface area contributed by atoms with Crippen LogP contribution >= 0.6 is 0 Å². The molecular formula is C14H17FN2. The van der Waals surface area contributed by atoms with Crippen LogP contribution in [0.15, 0.2) is 18.2 Å². The average molecular weight is 232 g/mol.